The fourth-order valence-corrected chi connectivity index (χ4v) is 10.6. The minimum atomic E-state index is 0.575. The second kappa shape index (κ2) is 15.8. The highest BCUT2D eigenvalue weighted by Crippen LogP contribution is 2.45. The third-order valence-electron chi connectivity index (χ3n) is 13.8. The maximum atomic E-state index is 6.38. The zero-order valence-corrected chi connectivity index (χ0v) is 37.4. The molecule has 4 aromatic heterocycles. The van der Waals surface area contributed by atoms with Crippen LogP contribution in [0.4, 0.5) is 0 Å². The van der Waals surface area contributed by atoms with Gasteiger partial charge in [-0.05, 0) is 90.7 Å². The Morgan fingerprint density at radius 2 is 0.913 bits per heavy atom. The molecule has 0 unspecified atom stereocenters. The molecular weight excluding hydrogens is 843 g/mol. The highest BCUT2D eigenvalue weighted by Gasteiger charge is 2.25. The first-order valence-electron chi connectivity index (χ1n) is 23.6. The summed E-state index contributed by atoms with van der Waals surface area (Å²) in [7, 11) is 0. The summed E-state index contributed by atoms with van der Waals surface area (Å²) >= 11 is 0. The molecule has 69 heavy (non-hydrogen) atoms. The summed E-state index contributed by atoms with van der Waals surface area (Å²) in [6.45, 7) is 0. The summed E-state index contributed by atoms with van der Waals surface area (Å²) in [6, 6.07) is 73.2. The summed E-state index contributed by atoms with van der Waals surface area (Å²) < 4.78 is 11.3. The van der Waals surface area contributed by atoms with Gasteiger partial charge in [-0.1, -0.05) is 158 Å². The predicted octanol–water partition coefficient (Wildman–Crippen LogP) is 16.4. The van der Waals surface area contributed by atoms with Gasteiger partial charge in [0, 0.05) is 65.8 Å². The molecule has 0 N–H and O–H groups in total. The van der Waals surface area contributed by atoms with Crippen molar-refractivity contribution in [2.24, 2.45) is 0 Å². The number of rotatable bonds is 7. The summed E-state index contributed by atoms with van der Waals surface area (Å²) in [5.74, 6) is 1.77. The van der Waals surface area contributed by atoms with Crippen LogP contribution in [0.15, 0.2) is 229 Å². The Morgan fingerprint density at radius 1 is 0.362 bits per heavy atom. The number of allylic oxidation sites excluding steroid dienone is 4. The Bertz CT molecular complexity index is 4230. The zero-order valence-electron chi connectivity index (χ0n) is 37.4. The Kier molecular flexibility index (Phi) is 8.92. The summed E-state index contributed by atoms with van der Waals surface area (Å²) in [4.78, 5) is 15.8. The van der Waals surface area contributed by atoms with E-state index in [0.717, 1.165) is 96.1 Å². The SMILES string of the molecule is C1=CC(c2cc(-c3nc(-c4ccccc4)nc(-c4ccc5c(c4)oc4ccccc45)n3)cc(-c3ccccc3)c2-n2c3ccccc3c3cc4c(cc32)c2ccccc2n4-c2ccccc2)=CCC1. The van der Waals surface area contributed by atoms with E-state index in [9.17, 15) is 0 Å². The van der Waals surface area contributed by atoms with Crippen LogP contribution in [0.5, 0.6) is 0 Å². The highest BCUT2D eigenvalue weighted by molar-refractivity contribution is 6.19. The molecule has 0 radical (unpaired) electrons. The molecule has 0 saturated carbocycles. The molecule has 6 nitrogen and oxygen atoms in total. The van der Waals surface area contributed by atoms with Crippen LogP contribution in [-0.2, 0) is 0 Å². The fourth-order valence-electron chi connectivity index (χ4n) is 10.6. The van der Waals surface area contributed by atoms with E-state index in [1.165, 1.54) is 32.6 Å². The molecule has 324 valence electrons. The molecule has 9 aromatic carbocycles. The molecule has 0 fully saturated rings. The third kappa shape index (κ3) is 6.37. The van der Waals surface area contributed by atoms with Gasteiger partial charge in [0.05, 0.1) is 27.8 Å². The van der Waals surface area contributed by atoms with Crippen molar-refractivity contribution in [3.05, 3.63) is 230 Å². The van der Waals surface area contributed by atoms with Crippen molar-refractivity contribution in [1.29, 1.82) is 0 Å². The van der Waals surface area contributed by atoms with E-state index in [4.69, 9.17) is 19.4 Å². The number of fused-ring (bicyclic) bond motifs is 9. The molecule has 0 saturated heterocycles. The van der Waals surface area contributed by atoms with Crippen LogP contribution in [0.1, 0.15) is 18.4 Å². The van der Waals surface area contributed by atoms with Crippen LogP contribution in [0, 0.1) is 0 Å². The van der Waals surface area contributed by atoms with E-state index in [-0.39, 0.29) is 0 Å². The average Bonchev–Trinajstić information content (AvgIpc) is 4.07. The number of benzene rings is 9. The summed E-state index contributed by atoms with van der Waals surface area (Å²) in [5.41, 5.74) is 15.6. The molecular formula is C63H41N5O. The molecule has 6 heteroatoms. The number of furan rings is 1. The number of nitrogens with zero attached hydrogens (tertiary/aromatic N) is 5. The van der Waals surface area contributed by atoms with Crippen LogP contribution in [-0.4, -0.2) is 24.1 Å². The Morgan fingerprint density at radius 3 is 1.61 bits per heavy atom. The first kappa shape index (κ1) is 39.1. The molecule has 0 aliphatic heterocycles. The van der Waals surface area contributed by atoms with Crippen molar-refractivity contribution in [2.45, 2.75) is 12.8 Å². The van der Waals surface area contributed by atoms with Gasteiger partial charge < -0.3 is 13.6 Å². The van der Waals surface area contributed by atoms with Crippen molar-refractivity contribution in [3.8, 4) is 56.7 Å². The highest BCUT2D eigenvalue weighted by atomic mass is 16.3. The molecule has 13 aromatic rings. The van der Waals surface area contributed by atoms with Crippen molar-refractivity contribution >= 4 is 71.1 Å². The first-order valence-corrected chi connectivity index (χ1v) is 23.6. The minimum Gasteiger partial charge on any atom is -0.456 e. The van der Waals surface area contributed by atoms with Gasteiger partial charge in [0.25, 0.3) is 0 Å². The topological polar surface area (TPSA) is 61.7 Å². The minimum absolute atomic E-state index is 0.575. The molecule has 0 spiro atoms. The van der Waals surface area contributed by atoms with E-state index in [0.29, 0.717) is 17.5 Å². The largest absolute Gasteiger partial charge is 0.456 e. The Balaban J connectivity index is 1.07. The van der Waals surface area contributed by atoms with E-state index in [1.807, 2.05) is 36.4 Å². The lowest BCUT2D eigenvalue weighted by Gasteiger charge is -2.22. The van der Waals surface area contributed by atoms with Crippen LogP contribution in [0.25, 0.3) is 128 Å². The van der Waals surface area contributed by atoms with Crippen molar-refractivity contribution in [1.82, 2.24) is 24.1 Å². The molecule has 0 atom stereocenters. The summed E-state index contributed by atoms with van der Waals surface area (Å²) in [5, 5.41) is 6.94. The monoisotopic (exact) mass is 883 g/mol. The maximum Gasteiger partial charge on any atom is 0.164 e. The lowest BCUT2D eigenvalue weighted by Crippen LogP contribution is -2.05. The number of aromatic nitrogens is 5. The van der Waals surface area contributed by atoms with Gasteiger partial charge in [0.2, 0.25) is 0 Å². The second-order valence-corrected chi connectivity index (χ2v) is 17.8. The van der Waals surface area contributed by atoms with Crippen molar-refractivity contribution in [2.75, 3.05) is 0 Å². The van der Waals surface area contributed by atoms with Gasteiger partial charge in [-0.15, -0.1) is 0 Å². The van der Waals surface area contributed by atoms with Gasteiger partial charge in [-0.3, -0.25) is 0 Å². The predicted molar refractivity (Wildman–Crippen MR) is 284 cm³/mol. The van der Waals surface area contributed by atoms with Gasteiger partial charge in [-0.2, -0.15) is 0 Å². The van der Waals surface area contributed by atoms with Crippen LogP contribution in [0.3, 0.4) is 0 Å². The van der Waals surface area contributed by atoms with Crippen molar-refractivity contribution in [3.63, 3.8) is 0 Å². The van der Waals surface area contributed by atoms with E-state index in [2.05, 4.69) is 197 Å². The molecule has 4 heterocycles. The number of hydrogen-bond acceptors (Lipinski definition) is 4. The Hall–Kier alpha value is -9.13. The second-order valence-electron chi connectivity index (χ2n) is 17.8. The summed E-state index contributed by atoms with van der Waals surface area (Å²) in [6.07, 6.45) is 8.91. The first-order chi connectivity index (χ1) is 34.2. The van der Waals surface area contributed by atoms with Crippen LogP contribution in [0.2, 0.25) is 0 Å². The lowest BCUT2D eigenvalue weighted by molar-refractivity contribution is 0.669. The number of para-hydroxylation sites is 4. The average molecular weight is 884 g/mol. The number of hydrogen-bond donors (Lipinski definition) is 0. The molecule has 14 rings (SSSR count). The lowest BCUT2D eigenvalue weighted by atomic mass is 9.90. The van der Waals surface area contributed by atoms with E-state index < -0.39 is 0 Å². The fraction of sp³-hybridized carbons (Fsp3) is 0.0317. The van der Waals surface area contributed by atoms with E-state index >= 15 is 0 Å². The maximum absolute atomic E-state index is 6.38. The standard InChI is InChI=1S/C63H41N5O/c1-5-19-40(20-6-1)50-35-44(63-65-61(42-23-9-3-10-24-42)64-62(66-63)43-33-34-49-48-29-15-18-32-58(48)69-59(49)37-43)36-51(41-21-7-2-8-22-41)60(50)68-55-31-17-14-28-47(55)53-38-56-52(39-57(53)68)46-27-13-16-30-54(46)67(56)45-25-11-4-12-26-45/h1,3-7,9-39H,2,8H2. The van der Waals surface area contributed by atoms with Gasteiger partial charge >= 0.3 is 0 Å². The van der Waals surface area contributed by atoms with Crippen LogP contribution >= 0.6 is 0 Å². The van der Waals surface area contributed by atoms with Gasteiger partial charge in [0.1, 0.15) is 11.2 Å². The quantitative estimate of drug-likeness (QED) is 0.160. The molecule has 0 bridgehead atoms. The third-order valence-corrected chi connectivity index (χ3v) is 13.8. The van der Waals surface area contributed by atoms with Gasteiger partial charge in [0.15, 0.2) is 17.5 Å². The molecule has 1 aliphatic rings. The molecule has 0 amide bonds. The van der Waals surface area contributed by atoms with Gasteiger partial charge in [-0.25, -0.2) is 15.0 Å². The van der Waals surface area contributed by atoms with E-state index in [1.54, 1.807) is 0 Å². The van der Waals surface area contributed by atoms with Crippen molar-refractivity contribution < 1.29 is 4.42 Å². The smallest absolute Gasteiger partial charge is 0.164 e. The van der Waals surface area contributed by atoms with Crippen LogP contribution < -0.4 is 0 Å². The Labute approximate surface area is 397 Å². The molecule has 1 aliphatic carbocycles. The zero-order chi connectivity index (χ0) is 45.4. The normalized spacial score (nSPS) is 12.8.